The lowest BCUT2D eigenvalue weighted by molar-refractivity contribution is -0.119. The highest BCUT2D eigenvalue weighted by Crippen LogP contribution is 2.22. The normalized spacial score (nSPS) is 12.8. The summed E-state index contributed by atoms with van der Waals surface area (Å²) in [7, 11) is -3.92. The number of hydrogen-bond donors (Lipinski definition) is 2. The Balaban J connectivity index is 2.04. The first-order valence-corrected chi connectivity index (χ1v) is 8.11. The highest BCUT2D eigenvalue weighted by molar-refractivity contribution is 7.89. The number of rotatable bonds is 6. The molecule has 0 saturated carbocycles. The van der Waals surface area contributed by atoms with E-state index in [0.717, 1.165) is 12.0 Å². The molecule has 0 spiro atoms. The van der Waals surface area contributed by atoms with Gasteiger partial charge in [0.15, 0.2) is 0 Å². The van der Waals surface area contributed by atoms with Crippen LogP contribution in [0.4, 0.5) is 0 Å². The summed E-state index contributed by atoms with van der Waals surface area (Å²) in [6, 6.07) is 9.56. The van der Waals surface area contributed by atoms with E-state index < -0.39 is 15.9 Å². The van der Waals surface area contributed by atoms with Crippen molar-refractivity contribution in [1.29, 1.82) is 0 Å². The van der Waals surface area contributed by atoms with Crippen molar-refractivity contribution in [2.24, 2.45) is 0 Å². The summed E-state index contributed by atoms with van der Waals surface area (Å²) < 4.78 is 25.8. The fourth-order valence-electron chi connectivity index (χ4n) is 2.08. The van der Waals surface area contributed by atoms with E-state index in [1.54, 1.807) is 0 Å². The van der Waals surface area contributed by atoms with Gasteiger partial charge in [-0.25, -0.2) is 9.71 Å². The monoisotopic (exact) mass is 307 g/mol. The molecule has 21 heavy (non-hydrogen) atoms. The minimum atomic E-state index is -3.92. The molecule has 1 aromatic carbocycles. The fourth-order valence-corrected chi connectivity index (χ4v) is 2.99. The Bertz CT molecular complexity index is 682. The van der Waals surface area contributed by atoms with Gasteiger partial charge < -0.3 is 4.98 Å². The molecular weight excluding hydrogens is 290 g/mol. The van der Waals surface area contributed by atoms with Crippen LogP contribution in [0, 0.1) is 0 Å². The zero-order chi connectivity index (χ0) is 15.3. The zero-order valence-corrected chi connectivity index (χ0v) is 12.4. The maximum absolute atomic E-state index is 12.0. The first-order valence-electron chi connectivity index (χ1n) is 6.63. The molecule has 1 heterocycles. The van der Waals surface area contributed by atoms with Crippen molar-refractivity contribution in [3.63, 3.8) is 0 Å². The van der Waals surface area contributed by atoms with E-state index in [0.29, 0.717) is 0 Å². The van der Waals surface area contributed by atoms with Crippen molar-refractivity contribution in [3.05, 3.63) is 48.3 Å². The SMILES string of the molecule is CCC(CC(=O)NS(=O)(=O)c1ncc[nH]1)c1ccccc1. The van der Waals surface area contributed by atoms with Gasteiger partial charge in [0.25, 0.3) is 10.0 Å². The highest BCUT2D eigenvalue weighted by Gasteiger charge is 2.22. The zero-order valence-electron chi connectivity index (χ0n) is 11.6. The Morgan fingerprint density at radius 3 is 2.62 bits per heavy atom. The second kappa shape index (κ2) is 6.53. The largest absolute Gasteiger partial charge is 0.334 e. The topological polar surface area (TPSA) is 91.9 Å². The molecular formula is C14H17N3O3S. The van der Waals surface area contributed by atoms with E-state index in [9.17, 15) is 13.2 Å². The van der Waals surface area contributed by atoms with Crippen LogP contribution in [0.5, 0.6) is 0 Å². The number of carbonyl (C=O) groups excluding carboxylic acids is 1. The van der Waals surface area contributed by atoms with Gasteiger partial charge in [0, 0.05) is 18.8 Å². The molecule has 2 aromatic rings. The molecule has 2 N–H and O–H groups in total. The van der Waals surface area contributed by atoms with Crippen LogP contribution in [0.2, 0.25) is 0 Å². The van der Waals surface area contributed by atoms with E-state index in [1.165, 1.54) is 12.4 Å². The molecule has 0 aliphatic carbocycles. The van der Waals surface area contributed by atoms with Crippen molar-refractivity contribution in [2.75, 3.05) is 0 Å². The second-order valence-electron chi connectivity index (χ2n) is 4.64. The third kappa shape index (κ3) is 3.91. The number of H-pyrrole nitrogens is 1. The molecule has 6 nitrogen and oxygen atoms in total. The molecule has 0 fully saturated rings. The van der Waals surface area contributed by atoms with Gasteiger partial charge in [0.05, 0.1) is 0 Å². The third-order valence-electron chi connectivity index (χ3n) is 3.17. The van der Waals surface area contributed by atoms with E-state index in [2.05, 4.69) is 9.97 Å². The van der Waals surface area contributed by atoms with E-state index in [1.807, 2.05) is 42.0 Å². The van der Waals surface area contributed by atoms with Crippen molar-refractivity contribution in [2.45, 2.75) is 30.8 Å². The number of nitrogens with one attached hydrogen (secondary N) is 2. The molecule has 1 atom stereocenters. The third-order valence-corrected chi connectivity index (χ3v) is 4.40. The first-order chi connectivity index (χ1) is 10.0. The number of hydrogen-bond acceptors (Lipinski definition) is 4. The number of benzene rings is 1. The van der Waals surface area contributed by atoms with Crippen LogP contribution in [0.1, 0.15) is 31.2 Å². The van der Waals surface area contributed by atoms with E-state index in [4.69, 9.17) is 0 Å². The number of imidazole rings is 1. The summed E-state index contributed by atoms with van der Waals surface area (Å²) in [5.74, 6) is -0.555. The molecule has 0 aliphatic heterocycles. The Morgan fingerprint density at radius 2 is 2.05 bits per heavy atom. The Hall–Kier alpha value is -2.15. The van der Waals surface area contributed by atoms with E-state index in [-0.39, 0.29) is 17.5 Å². The summed E-state index contributed by atoms with van der Waals surface area (Å²) in [5, 5.41) is -0.261. The number of aromatic amines is 1. The predicted molar refractivity (Wildman–Crippen MR) is 78.0 cm³/mol. The maximum atomic E-state index is 12.0. The van der Waals surface area contributed by atoms with Crippen molar-refractivity contribution in [1.82, 2.24) is 14.7 Å². The number of amides is 1. The van der Waals surface area contributed by atoms with Gasteiger partial charge in [-0.1, -0.05) is 37.3 Å². The average Bonchev–Trinajstić information content (AvgIpc) is 3.00. The quantitative estimate of drug-likeness (QED) is 0.851. The summed E-state index contributed by atoms with van der Waals surface area (Å²) in [6.07, 6.45) is 3.56. The predicted octanol–water partition coefficient (Wildman–Crippen LogP) is 1.80. The molecule has 0 bridgehead atoms. The molecule has 0 radical (unpaired) electrons. The second-order valence-corrected chi connectivity index (χ2v) is 6.24. The fraction of sp³-hybridized carbons (Fsp3) is 0.286. The lowest BCUT2D eigenvalue weighted by Crippen LogP contribution is -2.32. The van der Waals surface area contributed by atoms with Crippen molar-refractivity contribution in [3.8, 4) is 0 Å². The highest BCUT2D eigenvalue weighted by atomic mass is 32.2. The summed E-state index contributed by atoms with van der Waals surface area (Å²) in [4.78, 5) is 18.1. The average molecular weight is 307 g/mol. The van der Waals surface area contributed by atoms with Crippen LogP contribution in [-0.4, -0.2) is 24.3 Å². The molecule has 1 aromatic heterocycles. The van der Waals surface area contributed by atoms with Gasteiger partial charge in [-0.3, -0.25) is 4.79 Å². The van der Waals surface area contributed by atoms with Gasteiger partial charge in [-0.15, -0.1) is 0 Å². The number of carbonyl (C=O) groups is 1. The molecule has 2 rings (SSSR count). The molecule has 0 aliphatic rings. The van der Waals surface area contributed by atoms with Crippen LogP contribution >= 0.6 is 0 Å². The molecule has 7 heteroatoms. The minimum absolute atomic E-state index is 0.0157. The van der Waals surface area contributed by atoms with Crippen LogP contribution < -0.4 is 4.72 Å². The maximum Gasteiger partial charge on any atom is 0.297 e. The van der Waals surface area contributed by atoms with E-state index >= 15 is 0 Å². The van der Waals surface area contributed by atoms with Crippen molar-refractivity contribution < 1.29 is 13.2 Å². The number of nitrogens with zero attached hydrogens (tertiary/aromatic N) is 1. The standard InChI is InChI=1S/C14H17N3O3S/c1-2-11(12-6-4-3-5-7-12)10-13(18)17-21(19,20)14-15-8-9-16-14/h3-9,11H,2,10H2,1H3,(H,15,16)(H,17,18). The lowest BCUT2D eigenvalue weighted by Gasteiger charge is -2.14. The number of aromatic nitrogens is 2. The summed E-state index contributed by atoms with van der Waals surface area (Å²) in [5.41, 5.74) is 1.02. The van der Waals surface area contributed by atoms with Gasteiger partial charge in [0.1, 0.15) is 0 Å². The first kappa shape index (κ1) is 15.2. The molecule has 112 valence electrons. The van der Waals surface area contributed by atoms with Crippen LogP contribution in [-0.2, 0) is 14.8 Å². The molecule has 0 saturated heterocycles. The Morgan fingerprint density at radius 1 is 1.33 bits per heavy atom. The van der Waals surface area contributed by atoms with Crippen LogP contribution in [0.25, 0.3) is 0 Å². The summed E-state index contributed by atoms with van der Waals surface area (Å²) in [6.45, 7) is 1.96. The smallest absolute Gasteiger partial charge is 0.297 e. The minimum Gasteiger partial charge on any atom is -0.334 e. The van der Waals surface area contributed by atoms with Gasteiger partial charge in [-0.05, 0) is 17.9 Å². The molecule has 1 unspecified atom stereocenters. The Labute approximate surface area is 123 Å². The number of sulfonamides is 1. The van der Waals surface area contributed by atoms with Gasteiger partial charge in [0.2, 0.25) is 11.1 Å². The Kier molecular flexibility index (Phi) is 4.74. The van der Waals surface area contributed by atoms with Crippen LogP contribution in [0.15, 0.2) is 47.9 Å². The van der Waals surface area contributed by atoms with Crippen LogP contribution in [0.3, 0.4) is 0 Å². The van der Waals surface area contributed by atoms with Gasteiger partial charge in [-0.2, -0.15) is 8.42 Å². The molecule has 1 amide bonds. The van der Waals surface area contributed by atoms with Crippen molar-refractivity contribution >= 4 is 15.9 Å². The lowest BCUT2D eigenvalue weighted by atomic mass is 9.93. The van der Waals surface area contributed by atoms with Gasteiger partial charge >= 0.3 is 0 Å². The summed E-state index contributed by atoms with van der Waals surface area (Å²) >= 11 is 0.